The topological polar surface area (TPSA) is 49.4 Å². The zero-order valence-electron chi connectivity index (χ0n) is 14.0. The lowest BCUT2D eigenvalue weighted by molar-refractivity contribution is -0.133. The van der Waals surface area contributed by atoms with E-state index in [1.807, 2.05) is 59.5 Å². The minimum absolute atomic E-state index is 0.203. The van der Waals surface area contributed by atoms with E-state index in [2.05, 4.69) is 17.2 Å². The van der Waals surface area contributed by atoms with E-state index in [4.69, 9.17) is 0 Å². The van der Waals surface area contributed by atoms with E-state index < -0.39 is 0 Å². The van der Waals surface area contributed by atoms with Gasteiger partial charge in [-0.05, 0) is 42.7 Å². The molecular weight excluding hydrogens is 312 g/mol. The molecule has 3 rings (SSSR count). The van der Waals surface area contributed by atoms with Crippen molar-refractivity contribution in [3.05, 3.63) is 65.7 Å². The average Bonchev–Trinajstić information content (AvgIpc) is 2.63. The summed E-state index contributed by atoms with van der Waals surface area (Å²) in [6, 6.07) is 16.9. The third kappa shape index (κ3) is 4.95. The van der Waals surface area contributed by atoms with Crippen LogP contribution in [0.4, 0.5) is 5.69 Å². The van der Waals surface area contributed by atoms with E-state index in [-0.39, 0.29) is 11.8 Å². The molecule has 0 aromatic heterocycles. The molecule has 4 nitrogen and oxygen atoms in total. The molecule has 2 aromatic rings. The Balaban J connectivity index is 1.62. The molecule has 1 saturated heterocycles. The Kier molecular flexibility index (Phi) is 5.48. The lowest BCUT2D eigenvalue weighted by Gasteiger charge is -2.26. The van der Waals surface area contributed by atoms with Gasteiger partial charge in [-0.15, -0.1) is 0 Å². The first kappa shape index (κ1) is 16.8. The van der Waals surface area contributed by atoms with Crippen LogP contribution >= 0.6 is 0 Å². The Morgan fingerprint density at radius 3 is 2.72 bits per heavy atom. The predicted molar refractivity (Wildman–Crippen MR) is 97.7 cm³/mol. The molecule has 2 amide bonds. The summed E-state index contributed by atoms with van der Waals surface area (Å²) in [4.78, 5) is 25.8. The Morgan fingerprint density at radius 1 is 1.08 bits per heavy atom. The summed E-state index contributed by atoms with van der Waals surface area (Å²) in [6.07, 6.45) is 2.66. The summed E-state index contributed by atoms with van der Waals surface area (Å²) in [6.45, 7) is 1.39. The van der Waals surface area contributed by atoms with Crippen LogP contribution in [0.15, 0.2) is 54.6 Å². The number of nitrogens with zero attached hydrogens (tertiary/aromatic N) is 1. The smallest absolute Gasteiger partial charge is 0.300 e. The highest BCUT2D eigenvalue weighted by atomic mass is 16.2. The van der Waals surface area contributed by atoms with E-state index in [0.29, 0.717) is 18.7 Å². The Labute approximate surface area is 147 Å². The molecule has 0 atom stereocenters. The highest BCUT2D eigenvalue weighted by Crippen LogP contribution is 2.17. The first-order valence-electron chi connectivity index (χ1n) is 8.45. The van der Waals surface area contributed by atoms with E-state index in [0.717, 1.165) is 30.5 Å². The molecule has 126 valence electrons. The van der Waals surface area contributed by atoms with Crippen LogP contribution in [0.5, 0.6) is 0 Å². The quantitative estimate of drug-likeness (QED) is 0.878. The van der Waals surface area contributed by atoms with Crippen LogP contribution in [0.25, 0.3) is 0 Å². The van der Waals surface area contributed by atoms with Gasteiger partial charge in [-0.25, -0.2) is 0 Å². The van der Waals surface area contributed by atoms with Gasteiger partial charge in [-0.2, -0.15) is 0 Å². The van der Waals surface area contributed by atoms with Crippen LogP contribution in [0.1, 0.15) is 30.4 Å². The van der Waals surface area contributed by atoms with Crippen molar-refractivity contribution in [2.75, 3.05) is 11.9 Å². The summed E-state index contributed by atoms with van der Waals surface area (Å²) in [5, 5.41) is 2.79. The van der Waals surface area contributed by atoms with Crippen molar-refractivity contribution in [3.63, 3.8) is 0 Å². The second-order valence-electron chi connectivity index (χ2n) is 6.04. The van der Waals surface area contributed by atoms with Gasteiger partial charge >= 0.3 is 5.91 Å². The molecule has 0 unspecified atom stereocenters. The summed E-state index contributed by atoms with van der Waals surface area (Å²) >= 11 is 0. The maximum atomic E-state index is 12.0. The fraction of sp³-hybridized carbons (Fsp3) is 0.238. The SMILES string of the molecule is O=C(C#Cc1ccccc1)Nc1cccc(CN2CCCCC2=O)c1. The fourth-order valence-electron chi connectivity index (χ4n) is 2.81. The molecule has 0 saturated carbocycles. The van der Waals surface area contributed by atoms with E-state index in [1.165, 1.54) is 0 Å². The average molecular weight is 332 g/mol. The van der Waals surface area contributed by atoms with E-state index in [1.54, 1.807) is 0 Å². The first-order chi connectivity index (χ1) is 12.2. The lowest BCUT2D eigenvalue weighted by atomic mass is 10.1. The second kappa shape index (κ2) is 8.16. The van der Waals surface area contributed by atoms with Crippen LogP contribution in [-0.2, 0) is 16.1 Å². The number of carbonyl (C=O) groups excluding carboxylic acids is 2. The van der Waals surface area contributed by atoms with Gasteiger partial charge in [0.05, 0.1) is 0 Å². The normalized spacial score (nSPS) is 13.8. The van der Waals surface area contributed by atoms with Crippen LogP contribution in [0, 0.1) is 11.8 Å². The van der Waals surface area contributed by atoms with Crippen LogP contribution in [0.3, 0.4) is 0 Å². The molecule has 2 aromatic carbocycles. The maximum Gasteiger partial charge on any atom is 0.300 e. The Bertz CT molecular complexity index is 819. The summed E-state index contributed by atoms with van der Waals surface area (Å²) in [5.74, 6) is 5.28. The van der Waals surface area contributed by atoms with Gasteiger partial charge < -0.3 is 10.2 Å². The number of hydrogen-bond acceptors (Lipinski definition) is 2. The van der Waals surface area contributed by atoms with Crippen molar-refractivity contribution < 1.29 is 9.59 Å². The number of piperidine rings is 1. The third-order valence-corrected chi connectivity index (χ3v) is 4.07. The van der Waals surface area contributed by atoms with Gasteiger partial charge in [0.2, 0.25) is 5.91 Å². The molecule has 0 spiro atoms. The molecule has 1 fully saturated rings. The number of amides is 2. The van der Waals surface area contributed by atoms with E-state index in [9.17, 15) is 9.59 Å². The third-order valence-electron chi connectivity index (χ3n) is 4.07. The minimum atomic E-state index is -0.352. The van der Waals surface area contributed by atoms with Gasteiger partial charge in [0.1, 0.15) is 0 Å². The summed E-state index contributed by atoms with van der Waals surface area (Å²) in [5.41, 5.74) is 2.49. The molecule has 1 aliphatic heterocycles. The van der Waals surface area contributed by atoms with Gasteiger partial charge in [-0.1, -0.05) is 36.3 Å². The molecule has 25 heavy (non-hydrogen) atoms. The lowest BCUT2D eigenvalue weighted by Crippen LogP contribution is -2.34. The van der Waals surface area contributed by atoms with Gasteiger partial charge in [0.25, 0.3) is 0 Å². The monoisotopic (exact) mass is 332 g/mol. The highest BCUT2D eigenvalue weighted by molar-refractivity contribution is 6.04. The van der Waals surface area contributed by atoms with Crippen LogP contribution < -0.4 is 5.32 Å². The van der Waals surface area contributed by atoms with Crippen molar-refractivity contribution in [1.82, 2.24) is 4.90 Å². The van der Waals surface area contributed by atoms with Crippen molar-refractivity contribution in [2.24, 2.45) is 0 Å². The zero-order chi connectivity index (χ0) is 17.5. The Hall–Kier alpha value is -3.06. The molecule has 0 radical (unpaired) electrons. The molecular formula is C21H20N2O2. The standard InChI is InChI=1S/C21H20N2O2/c24-20(13-12-17-7-2-1-3-8-17)22-19-10-6-9-18(15-19)16-23-14-5-4-11-21(23)25/h1-3,6-10,15H,4-5,11,14,16H2,(H,22,24). The van der Waals surface area contributed by atoms with Crippen molar-refractivity contribution in [3.8, 4) is 11.8 Å². The summed E-state index contributed by atoms with van der Waals surface area (Å²) < 4.78 is 0. The molecule has 4 heteroatoms. The number of nitrogens with one attached hydrogen (secondary N) is 1. The van der Waals surface area contributed by atoms with E-state index >= 15 is 0 Å². The van der Waals surface area contributed by atoms with Gasteiger partial charge in [0, 0.05) is 36.7 Å². The number of anilines is 1. The van der Waals surface area contributed by atoms with Gasteiger partial charge in [0.15, 0.2) is 0 Å². The molecule has 1 aliphatic rings. The molecule has 1 heterocycles. The fourth-order valence-corrected chi connectivity index (χ4v) is 2.81. The first-order valence-corrected chi connectivity index (χ1v) is 8.45. The highest BCUT2D eigenvalue weighted by Gasteiger charge is 2.17. The zero-order valence-corrected chi connectivity index (χ0v) is 14.0. The second-order valence-corrected chi connectivity index (χ2v) is 6.04. The maximum absolute atomic E-state index is 12.0. The largest absolute Gasteiger partial charge is 0.338 e. The van der Waals surface area contributed by atoms with Crippen LogP contribution in [-0.4, -0.2) is 23.3 Å². The summed E-state index contributed by atoms with van der Waals surface area (Å²) in [7, 11) is 0. The van der Waals surface area contributed by atoms with Gasteiger partial charge in [-0.3, -0.25) is 9.59 Å². The van der Waals surface area contributed by atoms with Crippen molar-refractivity contribution in [1.29, 1.82) is 0 Å². The molecule has 0 bridgehead atoms. The number of rotatable bonds is 3. The predicted octanol–water partition coefficient (Wildman–Crippen LogP) is 3.19. The molecule has 0 aliphatic carbocycles. The number of benzene rings is 2. The minimum Gasteiger partial charge on any atom is -0.338 e. The number of carbonyl (C=O) groups is 2. The number of hydrogen-bond donors (Lipinski definition) is 1. The number of likely N-dealkylation sites (tertiary alicyclic amines) is 1. The van der Waals surface area contributed by atoms with Crippen molar-refractivity contribution >= 4 is 17.5 Å². The van der Waals surface area contributed by atoms with Crippen molar-refractivity contribution in [2.45, 2.75) is 25.8 Å². The van der Waals surface area contributed by atoms with Crippen LogP contribution in [0.2, 0.25) is 0 Å². The molecule has 1 N–H and O–H groups in total. The Morgan fingerprint density at radius 2 is 1.92 bits per heavy atom.